The van der Waals surface area contributed by atoms with Gasteiger partial charge in [-0.15, -0.1) is 0 Å². The third-order valence-electron chi connectivity index (χ3n) is 4.65. The molecule has 24 heavy (non-hydrogen) atoms. The highest BCUT2D eigenvalue weighted by Gasteiger charge is 2.45. The normalized spacial score (nSPS) is 23.9. The Morgan fingerprint density at radius 2 is 1.88 bits per heavy atom. The van der Waals surface area contributed by atoms with E-state index >= 15 is 0 Å². The summed E-state index contributed by atoms with van der Waals surface area (Å²) in [6.45, 7) is 9.81. The Hall–Kier alpha value is -2.04. The highest BCUT2D eigenvalue weighted by atomic mass is 16.6. The smallest absolute Gasteiger partial charge is 0.414 e. The molecule has 2 atom stereocenters. The number of ether oxygens (including phenoxy) is 2. The van der Waals surface area contributed by atoms with E-state index < -0.39 is 17.1 Å². The first-order chi connectivity index (χ1) is 11.1. The number of benzene rings is 1. The maximum atomic E-state index is 12.7. The summed E-state index contributed by atoms with van der Waals surface area (Å²) in [5, 5.41) is 0. The first-order valence-corrected chi connectivity index (χ1v) is 8.25. The van der Waals surface area contributed by atoms with Crippen molar-refractivity contribution in [3.8, 4) is 0 Å². The van der Waals surface area contributed by atoms with Gasteiger partial charge in [-0.3, -0.25) is 9.69 Å². The molecule has 5 nitrogen and oxygen atoms in total. The van der Waals surface area contributed by atoms with Crippen LogP contribution in [-0.4, -0.2) is 31.3 Å². The number of anilines is 1. The van der Waals surface area contributed by atoms with Crippen molar-refractivity contribution in [3.63, 3.8) is 0 Å². The minimum Gasteiger partial charge on any atom is -0.469 e. The predicted molar refractivity (Wildman–Crippen MR) is 93.0 cm³/mol. The molecule has 0 spiro atoms. The third kappa shape index (κ3) is 3.55. The Kier molecular flexibility index (Phi) is 4.92. The molecule has 1 aliphatic heterocycles. The summed E-state index contributed by atoms with van der Waals surface area (Å²) < 4.78 is 10.6. The van der Waals surface area contributed by atoms with Gasteiger partial charge in [0.15, 0.2) is 0 Å². The number of amides is 1. The summed E-state index contributed by atoms with van der Waals surface area (Å²) in [7, 11) is 1.41. The lowest BCUT2D eigenvalue weighted by molar-refractivity contribution is -0.154. The molecule has 2 rings (SSSR count). The zero-order valence-electron chi connectivity index (χ0n) is 15.4. The molecule has 132 valence electrons. The molecule has 0 bridgehead atoms. The Balaban J connectivity index is 2.46. The summed E-state index contributed by atoms with van der Waals surface area (Å²) in [5.41, 5.74) is 0.473. The monoisotopic (exact) mass is 333 g/mol. The van der Waals surface area contributed by atoms with Gasteiger partial charge in [-0.05, 0) is 51.7 Å². The highest BCUT2D eigenvalue weighted by Crippen LogP contribution is 2.40. The molecule has 1 heterocycles. The van der Waals surface area contributed by atoms with E-state index in [0.29, 0.717) is 13.0 Å². The van der Waals surface area contributed by atoms with E-state index in [1.807, 2.05) is 58.9 Å². The largest absolute Gasteiger partial charge is 0.469 e. The minimum absolute atomic E-state index is 0.0788. The number of fused-ring (bicyclic) bond motifs is 1. The number of nitrogens with zero attached hydrogens (tertiary/aromatic N) is 1. The number of esters is 1. The Morgan fingerprint density at radius 1 is 1.25 bits per heavy atom. The van der Waals surface area contributed by atoms with Crippen LogP contribution in [0.3, 0.4) is 0 Å². The number of hydrogen-bond acceptors (Lipinski definition) is 4. The van der Waals surface area contributed by atoms with Gasteiger partial charge < -0.3 is 9.47 Å². The molecule has 5 heteroatoms. The summed E-state index contributed by atoms with van der Waals surface area (Å²) in [6, 6.07) is 7.66. The minimum atomic E-state index is -0.693. The van der Waals surface area contributed by atoms with Crippen molar-refractivity contribution in [1.29, 1.82) is 0 Å². The number of carbonyl (C=O) groups is 2. The van der Waals surface area contributed by atoms with Gasteiger partial charge in [-0.1, -0.05) is 25.1 Å². The van der Waals surface area contributed by atoms with Crippen LogP contribution in [0.2, 0.25) is 0 Å². The van der Waals surface area contributed by atoms with Crippen LogP contribution in [0, 0.1) is 11.3 Å². The molecule has 0 saturated carbocycles. The van der Waals surface area contributed by atoms with Crippen LogP contribution in [0.15, 0.2) is 24.3 Å². The summed E-state index contributed by atoms with van der Waals surface area (Å²) in [4.78, 5) is 26.8. The van der Waals surface area contributed by atoms with Gasteiger partial charge >= 0.3 is 12.1 Å². The summed E-state index contributed by atoms with van der Waals surface area (Å²) in [5.74, 6) is -0.333. The molecule has 0 saturated heterocycles. The second kappa shape index (κ2) is 6.46. The topological polar surface area (TPSA) is 55.8 Å². The number of methoxy groups -OCH3 is 1. The van der Waals surface area contributed by atoms with Gasteiger partial charge in [0, 0.05) is 6.54 Å². The van der Waals surface area contributed by atoms with Gasteiger partial charge in [-0.2, -0.15) is 0 Å². The number of rotatable bonds is 1. The number of para-hydroxylation sites is 1. The van der Waals surface area contributed by atoms with E-state index in [2.05, 4.69) is 0 Å². The quantitative estimate of drug-likeness (QED) is 0.734. The lowest BCUT2D eigenvalue weighted by Gasteiger charge is -2.33. The average molecular weight is 333 g/mol. The van der Waals surface area contributed by atoms with E-state index in [0.717, 1.165) is 11.3 Å². The van der Waals surface area contributed by atoms with E-state index in [4.69, 9.17) is 9.47 Å². The molecule has 0 N–H and O–H groups in total. The van der Waals surface area contributed by atoms with Crippen molar-refractivity contribution in [1.82, 2.24) is 0 Å². The second-order valence-corrected chi connectivity index (χ2v) is 7.71. The van der Waals surface area contributed by atoms with Crippen molar-refractivity contribution in [2.75, 3.05) is 18.6 Å². The van der Waals surface area contributed by atoms with Crippen LogP contribution in [0.5, 0.6) is 0 Å². The van der Waals surface area contributed by atoms with E-state index in [9.17, 15) is 9.59 Å². The fourth-order valence-corrected chi connectivity index (χ4v) is 3.06. The first kappa shape index (κ1) is 18.3. The molecule has 0 aliphatic carbocycles. The molecule has 0 aromatic heterocycles. The second-order valence-electron chi connectivity index (χ2n) is 7.71. The summed E-state index contributed by atoms with van der Waals surface area (Å²) >= 11 is 0. The Morgan fingerprint density at radius 3 is 2.46 bits per heavy atom. The van der Waals surface area contributed by atoms with E-state index in [1.54, 1.807) is 4.90 Å². The molecular weight excluding hydrogens is 306 g/mol. The zero-order valence-corrected chi connectivity index (χ0v) is 15.4. The SMILES string of the molecule is COC(=O)C1(C)Cc2ccccc2N(C(=O)OC(C)(C)C)C[C@H]1C. The molecule has 0 fully saturated rings. The fourth-order valence-electron chi connectivity index (χ4n) is 3.06. The van der Waals surface area contributed by atoms with Crippen molar-refractivity contribution in [2.24, 2.45) is 11.3 Å². The van der Waals surface area contributed by atoms with Gasteiger partial charge in [0.2, 0.25) is 0 Å². The lowest BCUT2D eigenvalue weighted by atomic mass is 9.74. The van der Waals surface area contributed by atoms with Crippen molar-refractivity contribution >= 4 is 17.7 Å². The van der Waals surface area contributed by atoms with Crippen molar-refractivity contribution < 1.29 is 19.1 Å². The van der Waals surface area contributed by atoms with E-state index in [1.165, 1.54) is 7.11 Å². The van der Waals surface area contributed by atoms with Gasteiger partial charge in [0.1, 0.15) is 5.60 Å². The van der Waals surface area contributed by atoms with Gasteiger partial charge in [0.25, 0.3) is 0 Å². The molecule has 1 aliphatic rings. The molecule has 1 aromatic rings. The van der Waals surface area contributed by atoms with Crippen LogP contribution >= 0.6 is 0 Å². The number of hydrogen-bond donors (Lipinski definition) is 0. The van der Waals surface area contributed by atoms with Crippen LogP contribution < -0.4 is 4.90 Å². The standard InChI is InChI=1S/C19H27NO4/c1-13-12-20(17(22)24-18(2,3)4)15-10-8-7-9-14(15)11-19(13,5)16(21)23-6/h7-10,13H,11-12H2,1-6H3/t13-,19?/m1/s1. The van der Waals surface area contributed by atoms with E-state index in [-0.39, 0.29) is 11.9 Å². The Labute approximate surface area is 143 Å². The predicted octanol–water partition coefficient (Wildman–Crippen LogP) is 3.80. The van der Waals surface area contributed by atoms with Crippen LogP contribution in [0.1, 0.15) is 40.2 Å². The molecule has 0 radical (unpaired) electrons. The van der Waals surface area contributed by atoms with Crippen LogP contribution in [-0.2, 0) is 20.7 Å². The first-order valence-electron chi connectivity index (χ1n) is 8.25. The third-order valence-corrected chi connectivity index (χ3v) is 4.65. The fraction of sp³-hybridized carbons (Fsp3) is 0.579. The van der Waals surface area contributed by atoms with Crippen LogP contribution in [0.4, 0.5) is 10.5 Å². The van der Waals surface area contributed by atoms with Crippen LogP contribution in [0.25, 0.3) is 0 Å². The lowest BCUT2D eigenvalue weighted by Crippen LogP contribution is -2.44. The Bertz CT molecular complexity index is 634. The molecular formula is C19H27NO4. The molecule has 1 unspecified atom stereocenters. The van der Waals surface area contributed by atoms with Gasteiger partial charge in [-0.25, -0.2) is 4.79 Å². The average Bonchev–Trinajstić information content (AvgIpc) is 2.61. The highest BCUT2D eigenvalue weighted by molar-refractivity contribution is 5.90. The number of carbonyl (C=O) groups excluding carboxylic acids is 2. The van der Waals surface area contributed by atoms with Gasteiger partial charge in [0.05, 0.1) is 18.2 Å². The molecule has 1 aromatic carbocycles. The van der Waals surface area contributed by atoms with Crippen molar-refractivity contribution in [2.45, 2.75) is 46.6 Å². The maximum absolute atomic E-state index is 12.7. The zero-order chi connectivity index (χ0) is 18.1. The molecule has 1 amide bonds. The van der Waals surface area contributed by atoms with Crippen molar-refractivity contribution in [3.05, 3.63) is 29.8 Å². The summed E-state index contributed by atoms with van der Waals surface area (Å²) in [6.07, 6.45) is 0.131. The maximum Gasteiger partial charge on any atom is 0.414 e.